The van der Waals surface area contributed by atoms with E-state index in [2.05, 4.69) is 10.3 Å². The topological polar surface area (TPSA) is 38.6 Å². The summed E-state index contributed by atoms with van der Waals surface area (Å²) in [6, 6.07) is 3.07. The molecule has 0 bridgehead atoms. The zero-order valence-corrected chi connectivity index (χ0v) is 8.69. The number of pyridine rings is 1. The lowest BCUT2D eigenvalue weighted by atomic mass is 10.2. The monoisotopic (exact) mass is 221 g/mol. The lowest BCUT2D eigenvalue weighted by Crippen LogP contribution is -2.33. The fourth-order valence-corrected chi connectivity index (χ4v) is 1.91. The van der Waals surface area contributed by atoms with Crippen LogP contribution in [0.15, 0.2) is 24.5 Å². The van der Waals surface area contributed by atoms with Gasteiger partial charge >= 0.3 is 0 Å². The standard InChI is InChI=1S/C11H12FN3O/c12-8-2-1-4-15-7-9(14-11(8)15)10-6-13-3-5-16-10/h1-2,4,7,10,13H,3,5-6H2. The number of hydrogen-bond donors (Lipinski definition) is 1. The van der Waals surface area contributed by atoms with Gasteiger partial charge in [0.15, 0.2) is 11.5 Å². The van der Waals surface area contributed by atoms with Crippen molar-refractivity contribution in [1.29, 1.82) is 0 Å². The van der Waals surface area contributed by atoms with Crippen LogP contribution >= 0.6 is 0 Å². The van der Waals surface area contributed by atoms with E-state index < -0.39 is 0 Å². The second-order valence-corrected chi connectivity index (χ2v) is 3.82. The summed E-state index contributed by atoms with van der Waals surface area (Å²) in [5.74, 6) is -0.308. The molecular weight excluding hydrogens is 209 g/mol. The molecule has 0 radical (unpaired) electrons. The Labute approximate surface area is 92.1 Å². The second-order valence-electron chi connectivity index (χ2n) is 3.82. The van der Waals surface area contributed by atoms with Gasteiger partial charge in [0.05, 0.1) is 12.3 Å². The Hall–Kier alpha value is -1.46. The van der Waals surface area contributed by atoms with Crippen molar-refractivity contribution in [3.05, 3.63) is 36.0 Å². The number of fused-ring (bicyclic) bond motifs is 1. The van der Waals surface area contributed by atoms with Crippen molar-refractivity contribution >= 4 is 5.65 Å². The van der Waals surface area contributed by atoms with Crippen molar-refractivity contribution in [3.8, 4) is 0 Å². The van der Waals surface area contributed by atoms with Crippen molar-refractivity contribution in [3.63, 3.8) is 0 Å². The van der Waals surface area contributed by atoms with Crippen LogP contribution in [0.25, 0.3) is 5.65 Å². The molecule has 1 saturated heterocycles. The lowest BCUT2D eigenvalue weighted by molar-refractivity contribution is 0.0253. The lowest BCUT2D eigenvalue weighted by Gasteiger charge is -2.21. The minimum Gasteiger partial charge on any atom is -0.369 e. The third kappa shape index (κ3) is 1.58. The molecule has 5 heteroatoms. The summed E-state index contributed by atoms with van der Waals surface area (Å²) in [4.78, 5) is 4.26. The molecule has 0 aliphatic carbocycles. The Balaban J connectivity index is 2.01. The van der Waals surface area contributed by atoms with E-state index in [0.29, 0.717) is 12.3 Å². The van der Waals surface area contributed by atoms with Crippen molar-refractivity contribution in [2.75, 3.05) is 19.7 Å². The Bertz CT molecular complexity index is 505. The number of nitrogens with one attached hydrogen (secondary N) is 1. The molecular formula is C11H12FN3O. The molecule has 0 saturated carbocycles. The van der Waals surface area contributed by atoms with Crippen molar-refractivity contribution in [2.45, 2.75) is 6.10 Å². The molecule has 1 unspecified atom stereocenters. The molecule has 0 spiro atoms. The molecule has 0 amide bonds. The zero-order valence-electron chi connectivity index (χ0n) is 8.69. The first-order valence-corrected chi connectivity index (χ1v) is 5.30. The fourth-order valence-electron chi connectivity index (χ4n) is 1.91. The maximum Gasteiger partial charge on any atom is 0.173 e. The summed E-state index contributed by atoms with van der Waals surface area (Å²) in [6.45, 7) is 2.25. The fraction of sp³-hybridized carbons (Fsp3) is 0.364. The Morgan fingerprint density at radius 3 is 3.25 bits per heavy atom. The van der Waals surface area contributed by atoms with Crippen LogP contribution in [0.3, 0.4) is 0 Å². The predicted octanol–water partition coefficient (Wildman–Crippen LogP) is 1.13. The molecule has 2 aromatic heterocycles. The minimum atomic E-state index is -0.308. The largest absolute Gasteiger partial charge is 0.369 e. The molecule has 3 heterocycles. The van der Waals surface area contributed by atoms with Gasteiger partial charge in [-0.2, -0.15) is 0 Å². The average molecular weight is 221 g/mol. The summed E-state index contributed by atoms with van der Waals surface area (Å²) >= 11 is 0. The van der Waals surface area contributed by atoms with Crippen LogP contribution < -0.4 is 5.32 Å². The molecule has 1 aliphatic rings. The molecule has 84 valence electrons. The number of ether oxygens (including phenoxy) is 1. The third-order valence-electron chi connectivity index (χ3n) is 2.71. The van der Waals surface area contributed by atoms with Gasteiger partial charge in [0.25, 0.3) is 0 Å². The number of halogens is 1. The van der Waals surface area contributed by atoms with Gasteiger partial charge in [-0.1, -0.05) is 0 Å². The van der Waals surface area contributed by atoms with Crippen LogP contribution in [0, 0.1) is 5.82 Å². The Kier molecular flexibility index (Phi) is 2.34. The highest BCUT2D eigenvalue weighted by molar-refractivity contribution is 5.41. The average Bonchev–Trinajstić information content (AvgIpc) is 2.76. The van der Waals surface area contributed by atoms with Gasteiger partial charge in [-0.15, -0.1) is 0 Å². The normalized spacial score (nSPS) is 21.4. The quantitative estimate of drug-likeness (QED) is 0.784. The van der Waals surface area contributed by atoms with Gasteiger partial charge in [-0.3, -0.25) is 0 Å². The summed E-state index contributed by atoms with van der Waals surface area (Å²) in [5, 5.41) is 3.22. The number of rotatable bonds is 1. The number of hydrogen-bond acceptors (Lipinski definition) is 3. The van der Waals surface area contributed by atoms with E-state index in [0.717, 1.165) is 18.8 Å². The van der Waals surface area contributed by atoms with E-state index in [1.807, 2.05) is 6.20 Å². The van der Waals surface area contributed by atoms with Gasteiger partial charge in [0, 0.05) is 25.5 Å². The maximum atomic E-state index is 13.4. The van der Waals surface area contributed by atoms with Crippen molar-refractivity contribution < 1.29 is 9.13 Å². The van der Waals surface area contributed by atoms with Crippen LogP contribution in [-0.2, 0) is 4.74 Å². The smallest absolute Gasteiger partial charge is 0.173 e. The van der Waals surface area contributed by atoms with Crippen LogP contribution in [0.4, 0.5) is 4.39 Å². The highest BCUT2D eigenvalue weighted by Crippen LogP contribution is 2.19. The molecule has 4 nitrogen and oxygen atoms in total. The highest BCUT2D eigenvalue weighted by atomic mass is 19.1. The predicted molar refractivity (Wildman–Crippen MR) is 56.7 cm³/mol. The van der Waals surface area contributed by atoms with Crippen LogP contribution in [0.1, 0.15) is 11.8 Å². The molecule has 1 N–H and O–H groups in total. The van der Waals surface area contributed by atoms with Gasteiger partial charge in [0.2, 0.25) is 0 Å². The van der Waals surface area contributed by atoms with E-state index in [1.165, 1.54) is 6.07 Å². The first kappa shape index (κ1) is 9.74. The van der Waals surface area contributed by atoms with Gasteiger partial charge in [-0.05, 0) is 12.1 Å². The molecule has 1 fully saturated rings. The number of nitrogens with zero attached hydrogens (tertiary/aromatic N) is 2. The van der Waals surface area contributed by atoms with Crippen molar-refractivity contribution in [1.82, 2.24) is 14.7 Å². The molecule has 3 rings (SSSR count). The first-order chi connectivity index (χ1) is 7.84. The van der Waals surface area contributed by atoms with Crippen molar-refractivity contribution in [2.24, 2.45) is 0 Å². The summed E-state index contributed by atoms with van der Waals surface area (Å²) in [5.41, 5.74) is 1.13. The molecule has 1 atom stereocenters. The number of morpholine rings is 1. The van der Waals surface area contributed by atoms with E-state index in [1.54, 1.807) is 16.7 Å². The molecule has 0 aromatic carbocycles. The van der Waals surface area contributed by atoms with E-state index >= 15 is 0 Å². The first-order valence-electron chi connectivity index (χ1n) is 5.30. The van der Waals surface area contributed by atoms with E-state index in [9.17, 15) is 4.39 Å². The summed E-state index contributed by atoms with van der Waals surface area (Å²) < 4.78 is 20.7. The number of imidazole rings is 1. The molecule has 1 aliphatic heterocycles. The second kappa shape index (κ2) is 3.84. The Morgan fingerprint density at radius 2 is 2.50 bits per heavy atom. The zero-order chi connectivity index (χ0) is 11.0. The van der Waals surface area contributed by atoms with Crippen LogP contribution in [0.2, 0.25) is 0 Å². The van der Waals surface area contributed by atoms with Gasteiger partial charge in [-0.25, -0.2) is 9.37 Å². The third-order valence-corrected chi connectivity index (χ3v) is 2.71. The van der Waals surface area contributed by atoms with E-state index in [4.69, 9.17) is 4.74 Å². The van der Waals surface area contributed by atoms with Crippen LogP contribution in [0.5, 0.6) is 0 Å². The summed E-state index contributed by atoms with van der Waals surface area (Å²) in [6.07, 6.45) is 3.52. The molecule has 16 heavy (non-hydrogen) atoms. The van der Waals surface area contributed by atoms with Gasteiger partial charge < -0.3 is 14.5 Å². The van der Waals surface area contributed by atoms with E-state index in [-0.39, 0.29) is 11.9 Å². The summed E-state index contributed by atoms with van der Waals surface area (Å²) in [7, 11) is 0. The highest BCUT2D eigenvalue weighted by Gasteiger charge is 2.19. The van der Waals surface area contributed by atoms with Gasteiger partial charge in [0.1, 0.15) is 6.10 Å². The van der Waals surface area contributed by atoms with Crippen LogP contribution in [-0.4, -0.2) is 29.1 Å². The SMILES string of the molecule is Fc1cccn2cc(C3CNCCO3)nc12. The Morgan fingerprint density at radius 1 is 1.56 bits per heavy atom. The number of aromatic nitrogens is 2. The molecule has 2 aromatic rings. The minimum absolute atomic E-state index is 0.0759. The maximum absolute atomic E-state index is 13.4.